The van der Waals surface area contributed by atoms with E-state index >= 15 is 0 Å². The number of likely N-dealkylation sites (tertiary alicyclic amines) is 1. The van der Waals surface area contributed by atoms with Gasteiger partial charge in [0.2, 0.25) is 5.91 Å². The summed E-state index contributed by atoms with van der Waals surface area (Å²) in [7, 11) is 1.89. The van der Waals surface area contributed by atoms with Crippen LogP contribution in [0.1, 0.15) is 24.8 Å². The molecule has 28 heavy (non-hydrogen) atoms. The first-order chi connectivity index (χ1) is 12.7. The maximum Gasteiger partial charge on any atom is 0.416 e. The fourth-order valence-corrected chi connectivity index (χ4v) is 3.15. The van der Waals surface area contributed by atoms with E-state index < -0.39 is 22.4 Å². The van der Waals surface area contributed by atoms with Crippen LogP contribution in [0, 0.1) is 16.0 Å². The Labute approximate surface area is 167 Å². The number of carbonyl (C=O) groups is 1. The second-order valence-corrected chi connectivity index (χ2v) is 6.55. The average Bonchev–Trinajstić information content (AvgIpc) is 2.61. The van der Waals surface area contributed by atoms with Gasteiger partial charge in [-0.05, 0) is 44.5 Å². The summed E-state index contributed by atoms with van der Waals surface area (Å²) in [5.74, 6) is 0.479. The van der Waals surface area contributed by atoms with Gasteiger partial charge in [0.1, 0.15) is 5.69 Å². The maximum atomic E-state index is 12.7. The molecule has 0 radical (unpaired) electrons. The van der Waals surface area contributed by atoms with Gasteiger partial charge in [0, 0.05) is 32.1 Å². The second kappa shape index (κ2) is 10.5. The lowest BCUT2D eigenvalue weighted by Crippen LogP contribution is -2.40. The van der Waals surface area contributed by atoms with Crippen molar-refractivity contribution in [1.29, 1.82) is 0 Å². The molecule has 2 N–H and O–H groups in total. The van der Waals surface area contributed by atoms with Crippen molar-refractivity contribution in [3.05, 3.63) is 33.9 Å². The molecular weight excluding hydrogens is 401 g/mol. The molecule has 1 aromatic carbocycles. The molecular formula is C17H24ClF3N4O3. The molecule has 2 rings (SSSR count). The Bertz CT molecular complexity index is 680. The molecule has 0 spiro atoms. The summed E-state index contributed by atoms with van der Waals surface area (Å²) in [4.78, 5) is 24.2. The van der Waals surface area contributed by atoms with Crippen molar-refractivity contribution in [2.45, 2.75) is 25.4 Å². The van der Waals surface area contributed by atoms with Crippen molar-refractivity contribution in [2.24, 2.45) is 5.92 Å². The lowest BCUT2D eigenvalue weighted by Gasteiger charge is -2.32. The molecule has 1 amide bonds. The number of alkyl halides is 3. The van der Waals surface area contributed by atoms with E-state index in [0.29, 0.717) is 25.1 Å². The third-order valence-electron chi connectivity index (χ3n) is 4.64. The molecule has 158 valence electrons. The van der Waals surface area contributed by atoms with E-state index in [1.54, 1.807) is 4.90 Å². The number of rotatable bonds is 7. The topological polar surface area (TPSA) is 87.5 Å². The van der Waals surface area contributed by atoms with Gasteiger partial charge in [-0.15, -0.1) is 12.4 Å². The first kappa shape index (κ1) is 24.0. The highest BCUT2D eigenvalue weighted by atomic mass is 35.5. The van der Waals surface area contributed by atoms with Crippen LogP contribution in [0.25, 0.3) is 0 Å². The Balaban J connectivity index is 0.00000392. The quantitative estimate of drug-likeness (QED) is 0.518. The molecule has 1 saturated heterocycles. The van der Waals surface area contributed by atoms with Crippen LogP contribution >= 0.6 is 12.4 Å². The number of nitrogens with zero attached hydrogens (tertiary/aromatic N) is 2. The number of hydrogen-bond acceptors (Lipinski definition) is 5. The SMILES string of the molecule is CNCC1CCN(C(=O)CCNc2ccc(C(F)(F)F)cc2[N+](=O)[O-])CC1.Cl. The molecule has 0 aromatic heterocycles. The minimum atomic E-state index is -4.65. The van der Waals surface area contributed by atoms with Gasteiger partial charge in [-0.3, -0.25) is 14.9 Å². The molecule has 0 unspecified atom stereocenters. The van der Waals surface area contributed by atoms with Gasteiger partial charge in [-0.1, -0.05) is 0 Å². The van der Waals surface area contributed by atoms with E-state index in [2.05, 4.69) is 10.6 Å². The number of anilines is 1. The van der Waals surface area contributed by atoms with E-state index in [1.165, 1.54) is 0 Å². The first-order valence-electron chi connectivity index (χ1n) is 8.74. The minimum Gasteiger partial charge on any atom is -0.379 e. The zero-order valence-corrected chi connectivity index (χ0v) is 16.2. The summed E-state index contributed by atoms with van der Waals surface area (Å²) >= 11 is 0. The van der Waals surface area contributed by atoms with Crippen molar-refractivity contribution in [3.63, 3.8) is 0 Å². The van der Waals surface area contributed by atoms with E-state index in [-0.39, 0.29) is 37.0 Å². The Morgan fingerprint density at radius 1 is 1.32 bits per heavy atom. The van der Waals surface area contributed by atoms with Gasteiger partial charge in [0.05, 0.1) is 10.5 Å². The van der Waals surface area contributed by atoms with Crippen molar-refractivity contribution in [3.8, 4) is 0 Å². The monoisotopic (exact) mass is 424 g/mol. The zero-order valence-electron chi connectivity index (χ0n) is 15.4. The van der Waals surface area contributed by atoms with Crippen LogP contribution < -0.4 is 10.6 Å². The standard InChI is InChI=1S/C17H23F3N4O3.ClH/c1-21-11-12-5-8-23(9-6-12)16(25)4-7-22-14-3-2-13(17(18,19)20)10-15(14)24(26)27;/h2-3,10,12,21-22H,4-9,11H2,1H3;1H. The third kappa shape index (κ3) is 6.52. The Morgan fingerprint density at radius 2 is 1.96 bits per heavy atom. The number of piperidine rings is 1. The molecule has 0 aliphatic carbocycles. The van der Waals surface area contributed by atoms with Crippen LogP contribution in [0.2, 0.25) is 0 Å². The molecule has 11 heteroatoms. The zero-order chi connectivity index (χ0) is 20.0. The van der Waals surface area contributed by atoms with Gasteiger partial charge in [-0.25, -0.2) is 0 Å². The Morgan fingerprint density at radius 3 is 2.50 bits per heavy atom. The van der Waals surface area contributed by atoms with Gasteiger partial charge in [-0.2, -0.15) is 13.2 Å². The lowest BCUT2D eigenvalue weighted by molar-refractivity contribution is -0.384. The van der Waals surface area contributed by atoms with E-state index in [1.807, 2.05) is 7.05 Å². The Hall–Kier alpha value is -2.07. The normalized spacial score (nSPS) is 15.1. The largest absolute Gasteiger partial charge is 0.416 e. The third-order valence-corrected chi connectivity index (χ3v) is 4.64. The van der Waals surface area contributed by atoms with Crippen LogP contribution in [-0.4, -0.2) is 49.0 Å². The van der Waals surface area contributed by atoms with Crippen LogP contribution in [0.3, 0.4) is 0 Å². The summed E-state index contributed by atoms with van der Waals surface area (Å²) in [5.41, 5.74) is -1.78. The molecule has 1 heterocycles. The lowest BCUT2D eigenvalue weighted by atomic mass is 9.96. The first-order valence-corrected chi connectivity index (χ1v) is 8.74. The molecule has 1 aliphatic heterocycles. The second-order valence-electron chi connectivity index (χ2n) is 6.55. The van der Waals surface area contributed by atoms with Gasteiger partial charge < -0.3 is 15.5 Å². The van der Waals surface area contributed by atoms with Gasteiger partial charge >= 0.3 is 6.18 Å². The fraction of sp³-hybridized carbons (Fsp3) is 0.588. The van der Waals surface area contributed by atoms with Crippen LogP contribution in [0.4, 0.5) is 24.5 Å². The van der Waals surface area contributed by atoms with Crippen LogP contribution in [-0.2, 0) is 11.0 Å². The minimum absolute atomic E-state index is 0. The summed E-state index contributed by atoms with van der Waals surface area (Å²) in [5, 5.41) is 16.9. The number of nitrogens with one attached hydrogen (secondary N) is 2. The molecule has 1 fully saturated rings. The van der Waals surface area contributed by atoms with Crippen LogP contribution in [0.15, 0.2) is 18.2 Å². The van der Waals surface area contributed by atoms with Crippen molar-refractivity contribution >= 4 is 29.7 Å². The fourth-order valence-electron chi connectivity index (χ4n) is 3.15. The predicted octanol–water partition coefficient (Wildman–Crippen LogP) is 3.30. The number of amides is 1. The number of nitro groups is 1. The summed E-state index contributed by atoms with van der Waals surface area (Å²) < 4.78 is 38.1. The number of carbonyl (C=O) groups excluding carboxylic acids is 1. The maximum absolute atomic E-state index is 12.7. The van der Waals surface area contributed by atoms with E-state index in [0.717, 1.165) is 31.5 Å². The summed E-state index contributed by atoms with van der Waals surface area (Å²) in [6.45, 7) is 2.37. The number of benzene rings is 1. The van der Waals surface area contributed by atoms with Crippen molar-refractivity contribution in [1.82, 2.24) is 10.2 Å². The average molecular weight is 425 g/mol. The smallest absolute Gasteiger partial charge is 0.379 e. The molecule has 0 saturated carbocycles. The van der Waals surface area contributed by atoms with Gasteiger partial charge in [0.25, 0.3) is 5.69 Å². The number of hydrogen-bond donors (Lipinski definition) is 2. The number of nitro benzene ring substituents is 1. The highest BCUT2D eigenvalue weighted by molar-refractivity contribution is 5.85. The van der Waals surface area contributed by atoms with Crippen molar-refractivity contribution in [2.75, 3.05) is 38.5 Å². The van der Waals surface area contributed by atoms with E-state index in [9.17, 15) is 28.1 Å². The number of halogens is 4. The highest BCUT2D eigenvalue weighted by Crippen LogP contribution is 2.34. The predicted molar refractivity (Wildman–Crippen MR) is 102 cm³/mol. The molecule has 1 aliphatic rings. The van der Waals surface area contributed by atoms with Crippen molar-refractivity contribution < 1.29 is 22.9 Å². The van der Waals surface area contributed by atoms with Crippen LogP contribution in [0.5, 0.6) is 0 Å². The molecule has 0 atom stereocenters. The molecule has 0 bridgehead atoms. The molecule has 7 nitrogen and oxygen atoms in total. The Kier molecular flexibility index (Phi) is 8.96. The highest BCUT2D eigenvalue weighted by Gasteiger charge is 2.33. The van der Waals surface area contributed by atoms with Gasteiger partial charge in [0.15, 0.2) is 0 Å². The summed E-state index contributed by atoms with van der Waals surface area (Å²) in [6.07, 6.45) is -2.69. The van der Waals surface area contributed by atoms with E-state index in [4.69, 9.17) is 0 Å². The summed E-state index contributed by atoms with van der Waals surface area (Å²) in [6, 6.07) is 2.30. The molecule has 1 aromatic rings.